The van der Waals surface area contributed by atoms with Gasteiger partial charge in [0, 0.05) is 11.0 Å². The minimum absolute atomic E-state index is 0.128. The fraction of sp³-hybridized carbons (Fsp3) is 0.462. The summed E-state index contributed by atoms with van der Waals surface area (Å²) in [6, 6.07) is 3.45. The molecule has 106 valence electrons. The first kappa shape index (κ1) is 16.8. The van der Waals surface area contributed by atoms with Crippen molar-refractivity contribution < 1.29 is 4.79 Å². The van der Waals surface area contributed by atoms with E-state index in [1.54, 1.807) is 12.1 Å². The molecule has 3 nitrogen and oxygen atoms in total. The predicted octanol–water partition coefficient (Wildman–Crippen LogP) is 4.32. The van der Waals surface area contributed by atoms with Crippen LogP contribution in [0, 0.1) is 11.8 Å². The summed E-state index contributed by atoms with van der Waals surface area (Å²) in [7, 11) is 0. The fourth-order valence-electron chi connectivity index (χ4n) is 1.74. The number of halogens is 3. The lowest BCUT2D eigenvalue weighted by Gasteiger charge is -2.17. The van der Waals surface area contributed by atoms with Crippen molar-refractivity contribution in [1.82, 2.24) is 0 Å². The highest BCUT2D eigenvalue weighted by Gasteiger charge is 2.20. The molecule has 0 bridgehead atoms. The number of hydrogen-bond donors (Lipinski definition) is 2. The smallest absolute Gasteiger partial charge is 0.228 e. The van der Waals surface area contributed by atoms with Gasteiger partial charge in [0.25, 0.3) is 0 Å². The first-order chi connectivity index (χ1) is 8.86. The van der Waals surface area contributed by atoms with Gasteiger partial charge in [0.2, 0.25) is 5.91 Å². The highest BCUT2D eigenvalue weighted by Crippen LogP contribution is 2.36. The van der Waals surface area contributed by atoms with E-state index in [4.69, 9.17) is 28.9 Å². The Kier molecular flexibility index (Phi) is 6.60. The number of nitrogens with two attached hydrogens (primary N) is 1. The predicted molar refractivity (Wildman–Crippen MR) is 84.8 cm³/mol. The standard InChI is InChI=1S/C13H17BrCl2N2O/c1-7(2)5-8(6-17)13(19)18-10-4-3-9(14)11(15)12(10)16/h3-4,7-8H,5-6,17H2,1-2H3,(H,18,19). The lowest BCUT2D eigenvalue weighted by Crippen LogP contribution is -2.30. The molecule has 0 aliphatic carbocycles. The number of benzene rings is 1. The van der Waals surface area contributed by atoms with Crippen LogP contribution in [0.2, 0.25) is 10.0 Å². The SMILES string of the molecule is CC(C)CC(CN)C(=O)Nc1ccc(Br)c(Cl)c1Cl. The molecule has 0 aliphatic heterocycles. The molecule has 3 N–H and O–H groups in total. The van der Waals surface area contributed by atoms with Crippen molar-refractivity contribution >= 4 is 50.7 Å². The fourth-order valence-corrected chi connectivity index (χ4v) is 2.56. The van der Waals surface area contributed by atoms with E-state index < -0.39 is 0 Å². The molecule has 0 fully saturated rings. The first-order valence-electron chi connectivity index (χ1n) is 6.01. The van der Waals surface area contributed by atoms with Gasteiger partial charge in [0.1, 0.15) is 0 Å². The minimum Gasteiger partial charge on any atom is -0.330 e. The quantitative estimate of drug-likeness (QED) is 0.761. The van der Waals surface area contributed by atoms with Crippen molar-refractivity contribution in [3.8, 4) is 0 Å². The van der Waals surface area contributed by atoms with Crippen LogP contribution in [-0.2, 0) is 4.79 Å². The van der Waals surface area contributed by atoms with Crippen LogP contribution in [0.4, 0.5) is 5.69 Å². The largest absolute Gasteiger partial charge is 0.330 e. The van der Waals surface area contributed by atoms with Gasteiger partial charge in [0.15, 0.2) is 0 Å². The summed E-state index contributed by atoms with van der Waals surface area (Å²) in [4.78, 5) is 12.1. The Bertz CT molecular complexity index is 466. The number of hydrogen-bond acceptors (Lipinski definition) is 2. The van der Waals surface area contributed by atoms with E-state index in [1.807, 2.05) is 0 Å². The molecule has 0 saturated carbocycles. The second-order valence-electron chi connectivity index (χ2n) is 4.77. The molecular weight excluding hydrogens is 351 g/mol. The van der Waals surface area contributed by atoms with Gasteiger partial charge in [-0.15, -0.1) is 0 Å². The number of rotatable bonds is 5. The van der Waals surface area contributed by atoms with Crippen LogP contribution in [0.25, 0.3) is 0 Å². The van der Waals surface area contributed by atoms with Crippen molar-refractivity contribution in [3.05, 3.63) is 26.7 Å². The average Bonchev–Trinajstić information content (AvgIpc) is 2.36. The maximum absolute atomic E-state index is 12.1. The summed E-state index contributed by atoms with van der Waals surface area (Å²) in [6.45, 7) is 4.42. The van der Waals surface area contributed by atoms with Crippen molar-refractivity contribution in [2.45, 2.75) is 20.3 Å². The third-order valence-corrected chi connectivity index (χ3v) is 4.48. The van der Waals surface area contributed by atoms with Crippen molar-refractivity contribution in [3.63, 3.8) is 0 Å². The maximum atomic E-state index is 12.1. The molecule has 0 aliphatic rings. The van der Waals surface area contributed by atoms with Crippen LogP contribution in [0.3, 0.4) is 0 Å². The molecule has 1 rings (SSSR count). The zero-order valence-electron chi connectivity index (χ0n) is 10.8. The van der Waals surface area contributed by atoms with Crippen LogP contribution < -0.4 is 11.1 Å². The van der Waals surface area contributed by atoms with Crippen molar-refractivity contribution in [1.29, 1.82) is 0 Å². The second-order valence-corrected chi connectivity index (χ2v) is 6.38. The van der Waals surface area contributed by atoms with Gasteiger partial charge in [-0.2, -0.15) is 0 Å². The van der Waals surface area contributed by atoms with Crippen LogP contribution in [0.15, 0.2) is 16.6 Å². The number of amides is 1. The summed E-state index contributed by atoms with van der Waals surface area (Å²) in [5, 5.41) is 3.48. The molecule has 6 heteroatoms. The van der Waals surface area contributed by atoms with Crippen LogP contribution in [0.1, 0.15) is 20.3 Å². The summed E-state index contributed by atoms with van der Waals surface area (Å²) in [6.07, 6.45) is 0.740. The number of carbonyl (C=O) groups is 1. The van der Waals surface area contributed by atoms with Gasteiger partial charge in [-0.05, 0) is 40.4 Å². The Hall–Kier alpha value is -0.290. The lowest BCUT2D eigenvalue weighted by atomic mass is 9.96. The van der Waals surface area contributed by atoms with Gasteiger partial charge in [-0.3, -0.25) is 4.79 Å². The Morgan fingerprint density at radius 1 is 1.37 bits per heavy atom. The van der Waals surface area contributed by atoms with Gasteiger partial charge in [-0.25, -0.2) is 0 Å². The second kappa shape index (κ2) is 7.48. The molecule has 1 aromatic carbocycles. The summed E-state index contributed by atoms with van der Waals surface area (Å²) >= 11 is 15.4. The normalized spacial score (nSPS) is 12.6. The lowest BCUT2D eigenvalue weighted by molar-refractivity contribution is -0.120. The zero-order chi connectivity index (χ0) is 14.6. The van der Waals surface area contributed by atoms with E-state index in [-0.39, 0.29) is 11.8 Å². The van der Waals surface area contributed by atoms with E-state index in [0.717, 1.165) is 6.42 Å². The Labute approximate surface area is 132 Å². The van der Waals surface area contributed by atoms with Crippen molar-refractivity contribution in [2.75, 3.05) is 11.9 Å². The van der Waals surface area contributed by atoms with Crippen LogP contribution in [0.5, 0.6) is 0 Å². The summed E-state index contributed by atoms with van der Waals surface area (Å²) in [5.74, 6) is 0.0539. The summed E-state index contributed by atoms with van der Waals surface area (Å²) < 4.78 is 0.690. The van der Waals surface area contributed by atoms with E-state index in [1.165, 1.54) is 0 Å². The molecule has 0 heterocycles. The molecule has 1 unspecified atom stereocenters. The Morgan fingerprint density at radius 2 is 2.00 bits per heavy atom. The molecule has 0 saturated heterocycles. The Morgan fingerprint density at radius 3 is 2.53 bits per heavy atom. The third kappa shape index (κ3) is 4.63. The third-order valence-electron chi connectivity index (χ3n) is 2.70. The summed E-state index contributed by atoms with van der Waals surface area (Å²) in [5.41, 5.74) is 6.14. The van der Waals surface area contributed by atoms with E-state index >= 15 is 0 Å². The molecule has 1 amide bonds. The highest BCUT2D eigenvalue weighted by atomic mass is 79.9. The van der Waals surface area contributed by atoms with E-state index in [2.05, 4.69) is 35.1 Å². The molecule has 19 heavy (non-hydrogen) atoms. The van der Waals surface area contributed by atoms with Crippen LogP contribution in [-0.4, -0.2) is 12.5 Å². The minimum atomic E-state index is -0.224. The number of carbonyl (C=O) groups excluding carboxylic acids is 1. The Balaban J connectivity index is 2.84. The molecule has 0 radical (unpaired) electrons. The molecule has 0 spiro atoms. The van der Waals surface area contributed by atoms with E-state index in [0.29, 0.717) is 32.7 Å². The van der Waals surface area contributed by atoms with Gasteiger partial charge >= 0.3 is 0 Å². The molecule has 1 atom stereocenters. The maximum Gasteiger partial charge on any atom is 0.228 e. The zero-order valence-corrected chi connectivity index (χ0v) is 13.9. The first-order valence-corrected chi connectivity index (χ1v) is 7.56. The van der Waals surface area contributed by atoms with E-state index in [9.17, 15) is 4.79 Å². The average molecular weight is 368 g/mol. The van der Waals surface area contributed by atoms with Crippen LogP contribution >= 0.6 is 39.1 Å². The van der Waals surface area contributed by atoms with Gasteiger partial charge in [0.05, 0.1) is 21.7 Å². The van der Waals surface area contributed by atoms with Gasteiger partial charge < -0.3 is 11.1 Å². The number of anilines is 1. The molecule has 1 aromatic rings. The number of nitrogens with one attached hydrogen (secondary N) is 1. The topological polar surface area (TPSA) is 55.1 Å². The molecular formula is C13H17BrCl2N2O. The highest BCUT2D eigenvalue weighted by molar-refractivity contribution is 9.10. The van der Waals surface area contributed by atoms with Crippen molar-refractivity contribution in [2.24, 2.45) is 17.6 Å². The molecule has 0 aromatic heterocycles. The monoisotopic (exact) mass is 366 g/mol. The van der Waals surface area contributed by atoms with Gasteiger partial charge in [-0.1, -0.05) is 37.0 Å².